The molecule has 0 saturated carbocycles. The predicted molar refractivity (Wildman–Crippen MR) is 79.9 cm³/mol. The number of nitrogens with one attached hydrogen (secondary N) is 1. The number of rotatable bonds is 7. The van der Waals surface area contributed by atoms with E-state index in [4.69, 9.17) is 10.5 Å². The average Bonchev–Trinajstić information content (AvgIpc) is 2.83. The van der Waals surface area contributed by atoms with Gasteiger partial charge in [-0.05, 0) is 31.2 Å². The second-order valence-corrected chi connectivity index (χ2v) is 5.27. The van der Waals surface area contributed by atoms with E-state index in [-0.39, 0.29) is 12.3 Å². The molecule has 1 amide bonds. The van der Waals surface area contributed by atoms with E-state index in [0.29, 0.717) is 13.2 Å². The molecule has 0 spiro atoms. The van der Waals surface area contributed by atoms with E-state index < -0.39 is 0 Å². The van der Waals surface area contributed by atoms with Crippen molar-refractivity contribution in [3.8, 4) is 5.75 Å². The summed E-state index contributed by atoms with van der Waals surface area (Å²) in [6.07, 6.45) is 0.226. The summed E-state index contributed by atoms with van der Waals surface area (Å²) in [7, 11) is 0. The highest BCUT2D eigenvalue weighted by molar-refractivity contribution is 7.09. The number of carbonyl (C=O) groups excluding carboxylic acids is 1. The number of aromatic nitrogens is 1. The molecule has 1 heterocycles. The maximum atomic E-state index is 10.6. The van der Waals surface area contributed by atoms with Crippen LogP contribution < -0.4 is 15.8 Å². The first kappa shape index (κ1) is 14.3. The number of hydrogen-bond acceptors (Lipinski definition) is 5. The summed E-state index contributed by atoms with van der Waals surface area (Å²) in [4.78, 5) is 15.0. The zero-order valence-corrected chi connectivity index (χ0v) is 12.1. The molecule has 2 aromatic rings. The Morgan fingerprint density at radius 3 is 2.75 bits per heavy atom. The summed E-state index contributed by atoms with van der Waals surface area (Å²) in [6.45, 7) is 3.00. The highest BCUT2D eigenvalue weighted by Gasteiger charge is 2.00. The maximum Gasteiger partial charge on any atom is 0.220 e. The molecule has 0 unspecified atom stereocenters. The average molecular weight is 291 g/mol. The van der Waals surface area contributed by atoms with Crippen LogP contribution in [0.4, 0.5) is 5.69 Å². The van der Waals surface area contributed by atoms with Crippen molar-refractivity contribution < 1.29 is 9.53 Å². The van der Waals surface area contributed by atoms with Gasteiger partial charge < -0.3 is 15.8 Å². The van der Waals surface area contributed by atoms with Crippen molar-refractivity contribution in [2.75, 3.05) is 11.9 Å². The molecule has 5 nitrogen and oxygen atoms in total. The third kappa shape index (κ3) is 4.55. The highest BCUT2D eigenvalue weighted by Crippen LogP contribution is 2.17. The Hall–Kier alpha value is -2.08. The fraction of sp³-hybridized carbons (Fsp3) is 0.286. The lowest BCUT2D eigenvalue weighted by Gasteiger charge is -2.07. The molecule has 3 N–H and O–H groups in total. The molecule has 0 saturated heterocycles. The number of primary amides is 1. The van der Waals surface area contributed by atoms with E-state index in [1.807, 2.05) is 36.6 Å². The van der Waals surface area contributed by atoms with Crippen molar-refractivity contribution >= 4 is 22.9 Å². The van der Waals surface area contributed by atoms with Crippen LogP contribution >= 0.6 is 11.3 Å². The minimum Gasteiger partial charge on any atom is -0.493 e. The molecule has 0 aliphatic rings. The second kappa shape index (κ2) is 6.91. The van der Waals surface area contributed by atoms with Gasteiger partial charge in [0.05, 0.1) is 19.6 Å². The topological polar surface area (TPSA) is 77.2 Å². The molecule has 6 heteroatoms. The highest BCUT2D eigenvalue weighted by atomic mass is 32.1. The number of anilines is 1. The smallest absolute Gasteiger partial charge is 0.220 e. The van der Waals surface area contributed by atoms with Crippen LogP contribution in [0.15, 0.2) is 29.6 Å². The summed E-state index contributed by atoms with van der Waals surface area (Å²) >= 11 is 1.64. The van der Waals surface area contributed by atoms with Crippen molar-refractivity contribution in [3.05, 3.63) is 40.3 Å². The van der Waals surface area contributed by atoms with E-state index in [1.165, 1.54) is 0 Å². The number of nitrogens with two attached hydrogens (primary N) is 1. The number of hydrogen-bond donors (Lipinski definition) is 2. The zero-order valence-electron chi connectivity index (χ0n) is 11.3. The Kier molecular flexibility index (Phi) is 4.95. The lowest BCUT2D eigenvalue weighted by atomic mass is 10.3. The number of thiazole rings is 1. The molecule has 20 heavy (non-hydrogen) atoms. The number of amides is 1. The van der Waals surface area contributed by atoms with Gasteiger partial charge >= 0.3 is 0 Å². The molecule has 1 aromatic heterocycles. The minimum absolute atomic E-state index is 0.226. The third-order valence-electron chi connectivity index (χ3n) is 2.58. The van der Waals surface area contributed by atoms with Crippen molar-refractivity contribution in [1.82, 2.24) is 4.98 Å². The summed E-state index contributed by atoms with van der Waals surface area (Å²) < 4.78 is 5.40. The molecule has 0 atom stereocenters. The summed E-state index contributed by atoms with van der Waals surface area (Å²) in [5, 5.41) is 6.39. The number of nitrogens with zero attached hydrogens (tertiary/aromatic N) is 1. The second-order valence-electron chi connectivity index (χ2n) is 4.33. The van der Waals surface area contributed by atoms with Crippen LogP contribution in [0.3, 0.4) is 0 Å². The van der Waals surface area contributed by atoms with Crippen LogP contribution in [0.5, 0.6) is 5.75 Å². The van der Waals surface area contributed by atoms with Crippen LogP contribution in [0.25, 0.3) is 0 Å². The lowest BCUT2D eigenvalue weighted by molar-refractivity contribution is -0.118. The SMILES string of the molecule is Cc1csc(CNc2ccc(OCCC(N)=O)cc2)n1. The first-order valence-electron chi connectivity index (χ1n) is 6.29. The van der Waals surface area contributed by atoms with E-state index >= 15 is 0 Å². The van der Waals surface area contributed by atoms with Crippen LogP contribution in [0.1, 0.15) is 17.1 Å². The molecule has 0 radical (unpaired) electrons. The largest absolute Gasteiger partial charge is 0.493 e. The van der Waals surface area contributed by atoms with Crippen molar-refractivity contribution in [3.63, 3.8) is 0 Å². The lowest BCUT2D eigenvalue weighted by Crippen LogP contribution is -2.14. The Balaban J connectivity index is 1.80. The molecule has 0 fully saturated rings. The Morgan fingerprint density at radius 1 is 1.40 bits per heavy atom. The van der Waals surface area contributed by atoms with Gasteiger partial charge in [-0.25, -0.2) is 4.98 Å². The first-order chi connectivity index (χ1) is 9.63. The zero-order chi connectivity index (χ0) is 14.4. The van der Waals surface area contributed by atoms with Gasteiger partial charge in [-0.1, -0.05) is 0 Å². The molecule has 1 aromatic carbocycles. The monoisotopic (exact) mass is 291 g/mol. The van der Waals surface area contributed by atoms with Gasteiger partial charge in [0.15, 0.2) is 0 Å². The Morgan fingerprint density at radius 2 is 2.15 bits per heavy atom. The van der Waals surface area contributed by atoms with E-state index in [2.05, 4.69) is 10.3 Å². The summed E-state index contributed by atoms with van der Waals surface area (Å²) in [5.74, 6) is 0.365. The normalized spacial score (nSPS) is 10.2. The summed E-state index contributed by atoms with van der Waals surface area (Å²) in [5.41, 5.74) is 7.09. The predicted octanol–water partition coefficient (Wildman–Crippen LogP) is 2.32. The minimum atomic E-state index is -0.359. The Bertz CT molecular complexity index is 566. The van der Waals surface area contributed by atoms with Gasteiger partial charge in [-0.3, -0.25) is 4.79 Å². The molecule has 0 aliphatic heterocycles. The number of ether oxygens (including phenoxy) is 1. The number of carbonyl (C=O) groups is 1. The van der Waals surface area contributed by atoms with E-state index in [0.717, 1.165) is 22.1 Å². The summed E-state index contributed by atoms with van der Waals surface area (Å²) in [6, 6.07) is 7.58. The standard InChI is InChI=1S/C14H17N3O2S/c1-10-9-20-14(17-10)8-16-11-2-4-12(5-3-11)19-7-6-13(15)18/h2-5,9,16H,6-8H2,1H3,(H2,15,18). The van der Waals surface area contributed by atoms with Crippen molar-refractivity contribution in [2.45, 2.75) is 19.9 Å². The molecule has 106 valence electrons. The van der Waals surface area contributed by atoms with Crippen molar-refractivity contribution in [1.29, 1.82) is 0 Å². The van der Waals surface area contributed by atoms with Crippen LogP contribution in [-0.4, -0.2) is 17.5 Å². The van der Waals surface area contributed by atoms with Crippen LogP contribution in [0.2, 0.25) is 0 Å². The van der Waals surface area contributed by atoms with Gasteiger partial charge in [0, 0.05) is 16.8 Å². The molecular weight excluding hydrogens is 274 g/mol. The maximum absolute atomic E-state index is 10.6. The molecule has 2 rings (SSSR count). The van der Waals surface area contributed by atoms with Gasteiger partial charge in [0.25, 0.3) is 0 Å². The fourth-order valence-corrected chi connectivity index (χ4v) is 2.31. The number of benzene rings is 1. The van der Waals surface area contributed by atoms with Gasteiger partial charge in [0.1, 0.15) is 10.8 Å². The third-order valence-corrected chi connectivity index (χ3v) is 3.55. The molecule has 0 bridgehead atoms. The van der Waals surface area contributed by atoms with Gasteiger partial charge in [0.2, 0.25) is 5.91 Å². The van der Waals surface area contributed by atoms with Crippen molar-refractivity contribution in [2.24, 2.45) is 5.73 Å². The van der Waals surface area contributed by atoms with E-state index in [1.54, 1.807) is 11.3 Å². The van der Waals surface area contributed by atoms with Crippen LogP contribution in [0, 0.1) is 6.92 Å². The molecular formula is C14H17N3O2S. The Labute approximate surface area is 121 Å². The fourth-order valence-electron chi connectivity index (χ4n) is 1.60. The first-order valence-corrected chi connectivity index (χ1v) is 7.17. The van der Waals surface area contributed by atoms with Crippen LogP contribution in [-0.2, 0) is 11.3 Å². The van der Waals surface area contributed by atoms with Gasteiger partial charge in [-0.15, -0.1) is 11.3 Å². The number of aryl methyl sites for hydroxylation is 1. The van der Waals surface area contributed by atoms with Gasteiger partial charge in [-0.2, -0.15) is 0 Å². The van der Waals surface area contributed by atoms with E-state index in [9.17, 15) is 4.79 Å². The quantitative estimate of drug-likeness (QED) is 0.820. The molecule has 0 aliphatic carbocycles.